The lowest BCUT2D eigenvalue weighted by atomic mass is 10.1. The molecule has 5 heteroatoms. The van der Waals surface area contributed by atoms with Gasteiger partial charge in [-0.2, -0.15) is 0 Å². The SMILES string of the molecule is Cc1ccc(C(=O)[C@@H](C)OC(=O)Cc2coc3cc(O)ccc23)cc1. The number of rotatable bonds is 5. The smallest absolute Gasteiger partial charge is 0.311 e. The van der Waals surface area contributed by atoms with E-state index < -0.39 is 12.1 Å². The van der Waals surface area contributed by atoms with Crippen LogP contribution in [-0.2, 0) is 16.0 Å². The van der Waals surface area contributed by atoms with Crippen LogP contribution < -0.4 is 0 Å². The van der Waals surface area contributed by atoms with Gasteiger partial charge in [0.25, 0.3) is 0 Å². The van der Waals surface area contributed by atoms with Gasteiger partial charge in [0.15, 0.2) is 6.10 Å². The number of esters is 1. The Morgan fingerprint density at radius 2 is 1.88 bits per heavy atom. The molecule has 1 heterocycles. The Morgan fingerprint density at radius 1 is 1.16 bits per heavy atom. The summed E-state index contributed by atoms with van der Waals surface area (Å²) in [5.74, 6) is -0.660. The predicted octanol–water partition coefficient (Wildman–Crippen LogP) is 3.80. The highest BCUT2D eigenvalue weighted by molar-refractivity contribution is 6.00. The van der Waals surface area contributed by atoms with Gasteiger partial charge in [-0.05, 0) is 26.0 Å². The number of fused-ring (bicyclic) bond motifs is 1. The van der Waals surface area contributed by atoms with Crippen molar-refractivity contribution < 1.29 is 23.8 Å². The molecule has 0 fully saturated rings. The zero-order valence-corrected chi connectivity index (χ0v) is 14.0. The Balaban J connectivity index is 1.67. The summed E-state index contributed by atoms with van der Waals surface area (Å²) < 4.78 is 10.6. The fraction of sp³-hybridized carbons (Fsp3) is 0.200. The minimum absolute atomic E-state index is 0.0106. The minimum Gasteiger partial charge on any atom is -0.508 e. The van der Waals surface area contributed by atoms with Gasteiger partial charge in [0.1, 0.15) is 11.3 Å². The second-order valence-corrected chi connectivity index (χ2v) is 5.98. The van der Waals surface area contributed by atoms with Gasteiger partial charge in [-0.1, -0.05) is 29.8 Å². The van der Waals surface area contributed by atoms with E-state index in [9.17, 15) is 14.7 Å². The molecular formula is C20H18O5. The summed E-state index contributed by atoms with van der Waals surface area (Å²) in [5.41, 5.74) is 2.70. The maximum absolute atomic E-state index is 12.3. The van der Waals surface area contributed by atoms with E-state index in [-0.39, 0.29) is 18.0 Å². The highest BCUT2D eigenvalue weighted by Gasteiger charge is 2.20. The van der Waals surface area contributed by atoms with E-state index in [2.05, 4.69) is 0 Å². The second kappa shape index (κ2) is 6.81. The van der Waals surface area contributed by atoms with Gasteiger partial charge in [0.05, 0.1) is 12.7 Å². The predicted molar refractivity (Wildman–Crippen MR) is 92.6 cm³/mol. The van der Waals surface area contributed by atoms with Gasteiger partial charge in [-0.25, -0.2) is 0 Å². The maximum atomic E-state index is 12.3. The number of carbonyl (C=O) groups excluding carboxylic acids is 2. The topological polar surface area (TPSA) is 76.7 Å². The van der Waals surface area contributed by atoms with E-state index in [0.29, 0.717) is 16.7 Å². The van der Waals surface area contributed by atoms with Crippen molar-refractivity contribution in [1.82, 2.24) is 0 Å². The molecule has 25 heavy (non-hydrogen) atoms. The van der Waals surface area contributed by atoms with Gasteiger partial charge in [0, 0.05) is 22.6 Å². The van der Waals surface area contributed by atoms with E-state index in [0.717, 1.165) is 10.9 Å². The van der Waals surface area contributed by atoms with Gasteiger partial charge in [-0.3, -0.25) is 9.59 Å². The summed E-state index contributed by atoms with van der Waals surface area (Å²) in [7, 11) is 0. The first kappa shape index (κ1) is 16.8. The van der Waals surface area contributed by atoms with E-state index in [4.69, 9.17) is 9.15 Å². The largest absolute Gasteiger partial charge is 0.508 e. The summed E-state index contributed by atoms with van der Waals surface area (Å²) in [5, 5.41) is 10.2. The molecule has 0 bridgehead atoms. The minimum atomic E-state index is -0.864. The molecule has 0 saturated heterocycles. The van der Waals surface area contributed by atoms with Crippen LogP contribution in [0.3, 0.4) is 0 Å². The fourth-order valence-electron chi connectivity index (χ4n) is 2.61. The lowest BCUT2D eigenvalue weighted by molar-refractivity contribution is -0.145. The van der Waals surface area contributed by atoms with Crippen LogP contribution in [0.15, 0.2) is 53.1 Å². The normalized spacial score (nSPS) is 12.1. The molecule has 0 unspecified atom stereocenters. The highest BCUT2D eigenvalue weighted by atomic mass is 16.5. The summed E-state index contributed by atoms with van der Waals surface area (Å²) >= 11 is 0. The van der Waals surface area contributed by atoms with Crippen molar-refractivity contribution in [3.63, 3.8) is 0 Å². The van der Waals surface area contributed by atoms with Crippen LogP contribution >= 0.6 is 0 Å². The Hall–Kier alpha value is -3.08. The summed E-state index contributed by atoms with van der Waals surface area (Å²) in [6, 6.07) is 11.8. The number of Topliss-reactive ketones (excluding diaryl/α,β-unsaturated/α-hetero) is 1. The van der Waals surface area contributed by atoms with Crippen molar-refractivity contribution in [2.45, 2.75) is 26.4 Å². The monoisotopic (exact) mass is 338 g/mol. The molecule has 128 valence electrons. The molecule has 0 aliphatic heterocycles. The molecule has 0 spiro atoms. The molecule has 2 aromatic carbocycles. The first-order chi connectivity index (χ1) is 11.9. The average molecular weight is 338 g/mol. The van der Waals surface area contributed by atoms with Crippen LogP contribution in [0, 0.1) is 6.92 Å². The maximum Gasteiger partial charge on any atom is 0.311 e. The lowest BCUT2D eigenvalue weighted by Crippen LogP contribution is -2.25. The standard InChI is InChI=1S/C20H18O5/c1-12-3-5-14(6-4-12)20(23)13(2)25-19(22)9-15-11-24-18-10-16(21)7-8-17(15)18/h3-8,10-11,13,21H,9H2,1-2H3/t13-/m1/s1. The molecule has 1 N–H and O–H groups in total. The molecule has 1 atom stereocenters. The molecule has 0 aliphatic rings. The van der Waals surface area contributed by atoms with E-state index in [1.165, 1.54) is 18.4 Å². The summed E-state index contributed by atoms with van der Waals surface area (Å²) in [6.07, 6.45) is 0.582. The highest BCUT2D eigenvalue weighted by Crippen LogP contribution is 2.25. The van der Waals surface area contributed by atoms with Gasteiger partial charge in [0.2, 0.25) is 5.78 Å². The average Bonchev–Trinajstić information content (AvgIpc) is 2.96. The van der Waals surface area contributed by atoms with Crippen molar-refractivity contribution in [3.8, 4) is 5.75 Å². The number of hydrogen-bond acceptors (Lipinski definition) is 5. The van der Waals surface area contributed by atoms with Crippen LogP contribution in [0.1, 0.15) is 28.4 Å². The first-order valence-electron chi connectivity index (χ1n) is 7.93. The lowest BCUT2D eigenvalue weighted by Gasteiger charge is -2.12. The molecule has 0 aliphatic carbocycles. The molecular weight excluding hydrogens is 320 g/mol. The number of phenolic OH excluding ortho intramolecular Hbond substituents is 1. The number of aryl methyl sites for hydroxylation is 1. The quantitative estimate of drug-likeness (QED) is 0.565. The molecule has 1 aromatic heterocycles. The Morgan fingerprint density at radius 3 is 2.60 bits per heavy atom. The van der Waals surface area contributed by atoms with Crippen LogP contribution in [0.4, 0.5) is 0 Å². The van der Waals surface area contributed by atoms with Gasteiger partial charge >= 0.3 is 5.97 Å². The molecule has 0 amide bonds. The number of ether oxygens (including phenoxy) is 1. The molecule has 3 rings (SSSR count). The Labute approximate surface area is 144 Å². The zero-order valence-electron chi connectivity index (χ0n) is 14.0. The van der Waals surface area contributed by atoms with Crippen LogP contribution in [0.2, 0.25) is 0 Å². The first-order valence-corrected chi connectivity index (χ1v) is 7.93. The zero-order chi connectivity index (χ0) is 18.0. The molecule has 5 nitrogen and oxygen atoms in total. The van der Waals surface area contributed by atoms with Gasteiger partial charge < -0.3 is 14.3 Å². The molecule has 0 radical (unpaired) electrons. The molecule has 0 saturated carbocycles. The third kappa shape index (κ3) is 3.71. The van der Waals surface area contributed by atoms with Crippen molar-refractivity contribution in [1.29, 1.82) is 0 Å². The summed E-state index contributed by atoms with van der Waals surface area (Å²) in [6.45, 7) is 3.50. The van der Waals surface area contributed by atoms with E-state index in [1.54, 1.807) is 25.1 Å². The number of ketones is 1. The van der Waals surface area contributed by atoms with Crippen molar-refractivity contribution >= 4 is 22.7 Å². The number of aromatic hydroxyl groups is 1. The van der Waals surface area contributed by atoms with E-state index in [1.807, 2.05) is 19.1 Å². The summed E-state index contributed by atoms with van der Waals surface area (Å²) in [4.78, 5) is 24.5. The number of hydrogen-bond donors (Lipinski definition) is 1. The third-order valence-electron chi connectivity index (χ3n) is 3.99. The van der Waals surface area contributed by atoms with Crippen molar-refractivity contribution in [2.75, 3.05) is 0 Å². The Kier molecular flexibility index (Phi) is 4.57. The third-order valence-corrected chi connectivity index (χ3v) is 3.99. The van der Waals surface area contributed by atoms with Crippen molar-refractivity contribution in [3.05, 3.63) is 65.4 Å². The molecule has 3 aromatic rings. The Bertz CT molecular complexity index is 921. The number of carbonyl (C=O) groups is 2. The van der Waals surface area contributed by atoms with Crippen LogP contribution in [-0.4, -0.2) is 23.0 Å². The van der Waals surface area contributed by atoms with Gasteiger partial charge in [-0.15, -0.1) is 0 Å². The van der Waals surface area contributed by atoms with E-state index >= 15 is 0 Å². The second-order valence-electron chi connectivity index (χ2n) is 5.98. The number of phenols is 1. The van der Waals surface area contributed by atoms with Crippen LogP contribution in [0.5, 0.6) is 5.75 Å². The fourth-order valence-corrected chi connectivity index (χ4v) is 2.61. The van der Waals surface area contributed by atoms with Crippen LogP contribution in [0.25, 0.3) is 11.0 Å². The number of furan rings is 1. The number of benzene rings is 2. The van der Waals surface area contributed by atoms with Crippen molar-refractivity contribution in [2.24, 2.45) is 0 Å².